The van der Waals surface area contributed by atoms with E-state index in [1.54, 1.807) is 6.07 Å². The number of hydrogen-bond acceptors (Lipinski definition) is 1. The van der Waals surface area contributed by atoms with Crippen LogP contribution in [0.15, 0.2) is 48.5 Å². The second-order valence-electron chi connectivity index (χ2n) is 6.06. The fraction of sp³-hybridized carbons (Fsp3) is 0.211. The Balaban J connectivity index is 1.95. The highest BCUT2D eigenvalue weighted by atomic mass is 19.1. The third-order valence-corrected chi connectivity index (χ3v) is 4.57. The van der Waals surface area contributed by atoms with Gasteiger partial charge in [0, 0.05) is 22.9 Å². The van der Waals surface area contributed by atoms with E-state index in [-0.39, 0.29) is 5.41 Å². The van der Waals surface area contributed by atoms with Crippen LogP contribution < -0.4 is 0 Å². The molecule has 0 N–H and O–H groups in total. The zero-order chi connectivity index (χ0) is 15.3. The maximum absolute atomic E-state index is 13.9. The van der Waals surface area contributed by atoms with Crippen LogP contribution in [-0.2, 0) is 5.41 Å². The molecule has 0 atom stereocenters. The van der Waals surface area contributed by atoms with Crippen molar-refractivity contribution >= 4 is 10.9 Å². The van der Waals surface area contributed by atoms with Crippen LogP contribution in [0.25, 0.3) is 10.9 Å². The predicted molar refractivity (Wildman–Crippen MR) is 82.9 cm³/mol. The van der Waals surface area contributed by atoms with Gasteiger partial charge in [-0.1, -0.05) is 30.3 Å². The summed E-state index contributed by atoms with van der Waals surface area (Å²) >= 11 is 0. The van der Waals surface area contributed by atoms with Crippen molar-refractivity contribution in [3.8, 4) is 0 Å². The average molecular weight is 295 g/mol. The molecule has 0 amide bonds. The molecule has 1 nitrogen and oxygen atoms in total. The molecule has 22 heavy (non-hydrogen) atoms. The number of nitrogens with zero attached hydrogens (tertiary/aromatic N) is 1. The minimum Gasteiger partial charge on any atom is -0.251 e. The first kappa shape index (κ1) is 13.4. The minimum atomic E-state index is -0.586. The van der Waals surface area contributed by atoms with Gasteiger partial charge < -0.3 is 0 Å². The molecule has 110 valence electrons. The number of fused-ring (bicyclic) bond motifs is 1. The highest BCUT2D eigenvalue weighted by Gasteiger charge is 2.48. The molecule has 0 radical (unpaired) electrons. The van der Waals surface area contributed by atoms with E-state index in [1.165, 1.54) is 11.6 Å². The van der Waals surface area contributed by atoms with E-state index < -0.39 is 11.6 Å². The van der Waals surface area contributed by atoms with Gasteiger partial charge in [-0.15, -0.1) is 0 Å². The molecule has 1 aromatic heterocycles. The largest absolute Gasteiger partial charge is 0.251 e. The number of rotatable bonds is 2. The molecule has 3 aromatic rings. The van der Waals surface area contributed by atoms with Gasteiger partial charge in [0.05, 0.1) is 11.2 Å². The van der Waals surface area contributed by atoms with Gasteiger partial charge in [-0.05, 0) is 37.0 Å². The monoisotopic (exact) mass is 295 g/mol. The van der Waals surface area contributed by atoms with Crippen LogP contribution in [0.4, 0.5) is 8.78 Å². The van der Waals surface area contributed by atoms with Crippen molar-refractivity contribution in [2.75, 3.05) is 0 Å². The summed E-state index contributed by atoms with van der Waals surface area (Å²) in [6.45, 7) is 1.95. The number of aromatic nitrogens is 1. The van der Waals surface area contributed by atoms with Gasteiger partial charge in [-0.2, -0.15) is 0 Å². The predicted octanol–water partition coefficient (Wildman–Crippen LogP) is 4.90. The summed E-state index contributed by atoms with van der Waals surface area (Å²) in [5.41, 5.74) is 3.42. The van der Waals surface area contributed by atoms with Crippen LogP contribution >= 0.6 is 0 Å². The Bertz CT molecular complexity index is 867. The first-order valence-corrected chi connectivity index (χ1v) is 7.43. The summed E-state index contributed by atoms with van der Waals surface area (Å²) in [6, 6.07) is 14.2. The third kappa shape index (κ3) is 1.92. The number of pyridine rings is 1. The van der Waals surface area contributed by atoms with Crippen molar-refractivity contribution in [1.29, 1.82) is 0 Å². The summed E-state index contributed by atoms with van der Waals surface area (Å²) in [5, 5.41) is 0.381. The van der Waals surface area contributed by atoms with Crippen LogP contribution in [0.5, 0.6) is 0 Å². The average Bonchev–Trinajstić information content (AvgIpc) is 3.30. The molecule has 2 aromatic carbocycles. The number of halogens is 2. The van der Waals surface area contributed by atoms with E-state index in [2.05, 4.69) is 17.1 Å². The molecule has 1 aliphatic rings. The molecule has 4 rings (SSSR count). The molecule has 1 aliphatic carbocycles. The molecule has 0 spiro atoms. The fourth-order valence-electron chi connectivity index (χ4n) is 3.33. The molecule has 0 unspecified atom stereocenters. The smallest absolute Gasteiger partial charge is 0.135 e. The SMILES string of the molecule is Cc1cc2c(F)cc(F)cc2nc1C1(c2ccccc2)CC1. The molecular weight excluding hydrogens is 280 g/mol. The maximum atomic E-state index is 13.9. The molecule has 3 heteroatoms. The molecule has 1 heterocycles. The second-order valence-corrected chi connectivity index (χ2v) is 6.06. The molecule has 0 bridgehead atoms. The van der Waals surface area contributed by atoms with Crippen molar-refractivity contribution in [1.82, 2.24) is 4.98 Å². The molecule has 0 saturated heterocycles. The van der Waals surface area contributed by atoms with Gasteiger partial charge in [0.15, 0.2) is 0 Å². The molecule has 0 aliphatic heterocycles. The van der Waals surface area contributed by atoms with Crippen molar-refractivity contribution in [2.24, 2.45) is 0 Å². The van der Waals surface area contributed by atoms with Crippen molar-refractivity contribution < 1.29 is 8.78 Å². The third-order valence-electron chi connectivity index (χ3n) is 4.57. The lowest BCUT2D eigenvalue weighted by Gasteiger charge is -2.18. The molecule has 1 saturated carbocycles. The minimum absolute atomic E-state index is 0.0949. The number of hydrogen-bond donors (Lipinski definition) is 0. The molecular formula is C19H15F2N. The van der Waals surface area contributed by atoms with Crippen LogP contribution in [0.1, 0.15) is 29.7 Å². The quantitative estimate of drug-likeness (QED) is 0.655. The van der Waals surface area contributed by atoms with Crippen molar-refractivity contribution in [3.63, 3.8) is 0 Å². The van der Waals surface area contributed by atoms with E-state index in [0.29, 0.717) is 10.9 Å². The van der Waals surface area contributed by atoms with Crippen LogP contribution in [0, 0.1) is 18.6 Å². The second kappa shape index (κ2) is 4.60. The standard InChI is InChI=1S/C19H15F2N/c1-12-9-15-16(21)10-14(20)11-17(15)22-18(12)19(7-8-19)13-5-3-2-4-6-13/h2-6,9-11H,7-8H2,1H3. The van der Waals surface area contributed by atoms with Crippen molar-refractivity contribution in [2.45, 2.75) is 25.2 Å². The first-order chi connectivity index (χ1) is 10.6. The summed E-state index contributed by atoms with van der Waals surface area (Å²) in [7, 11) is 0. The van der Waals surface area contributed by atoms with Gasteiger partial charge in [-0.3, -0.25) is 4.98 Å². The Morgan fingerprint density at radius 3 is 2.41 bits per heavy atom. The highest BCUT2D eigenvalue weighted by Crippen LogP contribution is 2.53. The van der Waals surface area contributed by atoms with Gasteiger partial charge >= 0.3 is 0 Å². The zero-order valence-corrected chi connectivity index (χ0v) is 12.2. The maximum Gasteiger partial charge on any atom is 0.135 e. The lowest BCUT2D eigenvalue weighted by molar-refractivity contribution is 0.591. The Labute approximate surface area is 127 Å². The lowest BCUT2D eigenvalue weighted by atomic mass is 9.89. The van der Waals surface area contributed by atoms with E-state index in [1.807, 2.05) is 25.1 Å². The number of benzene rings is 2. The Morgan fingerprint density at radius 2 is 1.73 bits per heavy atom. The van der Waals surface area contributed by atoms with Crippen molar-refractivity contribution in [3.05, 3.63) is 77.0 Å². The first-order valence-electron chi connectivity index (χ1n) is 7.43. The van der Waals surface area contributed by atoms with Crippen LogP contribution in [-0.4, -0.2) is 4.98 Å². The van der Waals surface area contributed by atoms with Gasteiger partial charge in [0.25, 0.3) is 0 Å². The summed E-state index contributed by atoms with van der Waals surface area (Å²) in [4.78, 5) is 4.63. The Hall–Kier alpha value is -2.29. The number of aryl methyl sites for hydroxylation is 1. The summed E-state index contributed by atoms with van der Waals surface area (Å²) in [5.74, 6) is -1.14. The zero-order valence-electron chi connectivity index (χ0n) is 12.2. The summed E-state index contributed by atoms with van der Waals surface area (Å²) in [6.07, 6.45) is 2.04. The van der Waals surface area contributed by atoms with Crippen LogP contribution in [0.3, 0.4) is 0 Å². The van der Waals surface area contributed by atoms with E-state index in [9.17, 15) is 8.78 Å². The van der Waals surface area contributed by atoms with E-state index in [0.717, 1.165) is 30.2 Å². The van der Waals surface area contributed by atoms with Gasteiger partial charge in [-0.25, -0.2) is 8.78 Å². The topological polar surface area (TPSA) is 12.9 Å². The highest BCUT2D eigenvalue weighted by molar-refractivity contribution is 5.80. The summed E-state index contributed by atoms with van der Waals surface area (Å²) < 4.78 is 27.4. The fourth-order valence-corrected chi connectivity index (χ4v) is 3.33. The Kier molecular flexibility index (Phi) is 2.80. The molecule has 1 fully saturated rings. The van der Waals surface area contributed by atoms with Crippen LogP contribution in [0.2, 0.25) is 0 Å². The van der Waals surface area contributed by atoms with Gasteiger partial charge in [0.1, 0.15) is 11.6 Å². The normalized spacial score (nSPS) is 16.0. The van der Waals surface area contributed by atoms with E-state index >= 15 is 0 Å². The lowest BCUT2D eigenvalue weighted by Crippen LogP contribution is -2.13. The Morgan fingerprint density at radius 1 is 1.00 bits per heavy atom. The van der Waals surface area contributed by atoms with Gasteiger partial charge in [0.2, 0.25) is 0 Å². The van der Waals surface area contributed by atoms with E-state index in [4.69, 9.17) is 0 Å².